The number of halogens is 1. The quantitative estimate of drug-likeness (QED) is 0.539. The van der Waals surface area contributed by atoms with Gasteiger partial charge in [-0.15, -0.1) is 0 Å². The third kappa shape index (κ3) is 2.41. The fraction of sp³-hybridized carbons (Fsp3) is 0.300. The van der Waals surface area contributed by atoms with Crippen LogP contribution in [0.15, 0.2) is 62.3 Å². The molecule has 0 radical (unpaired) electrons. The third-order valence-electron chi connectivity index (χ3n) is 5.26. The molecule has 2 aromatic carbocycles. The second kappa shape index (κ2) is 5.51. The van der Waals surface area contributed by atoms with E-state index in [0.29, 0.717) is 12.1 Å². The number of hydrogen-bond donors (Lipinski definition) is 1. The van der Waals surface area contributed by atoms with Crippen LogP contribution in [0.5, 0.6) is 0 Å². The fourth-order valence-electron chi connectivity index (χ4n) is 4.30. The third-order valence-corrected chi connectivity index (χ3v) is 6.89. The van der Waals surface area contributed by atoms with Gasteiger partial charge in [0, 0.05) is 26.3 Å². The molecule has 0 aromatic heterocycles. The van der Waals surface area contributed by atoms with Crippen molar-refractivity contribution in [1.29, 1.82) is 0 Å². The first kappa shape index (κ1) is 14.3. The Balaban J connectivity index is 1.74. The van der Waals surface area contributed by atoms with Crippen molar-refractivity contribution in [3.05, 3.63) is 63.6 Å². The molecule has 3 heteroatoms. The van der Waals surface area contributed by atoms with Crippen molar-refractivity contribution >= 4 is 33.3 Å². The highest BCUT2D eigenvalue weighted by Crippen LogP contribution is 2.49. The molecule has 116 valence electrons. The van der Waals surface area contributed by atoms with Crippen LogP contribution in [-0.2, 0) is 0 Å². The maximum Gasteiger partial charge on any atom is 0.0212 e. The van der Waals surface area contributed by atoms with E-state index in [9.17, 15) is 0 Å². The van der Waals surface area contributed by atoms with Crippen molar-refractivity contribution in [3.63, 3.8) is 0 Å². The van der Waals surface area contributed by atoms with Crippen molar-refractivity contribution in [1.82, 2.24) is 5.32 Å². The molecule has 3 aliphatic rings. The van der Waals surface area contributed by atoms with Gasteiger partial charge in [-0.3, -0.25) is 0 Å². The van der Waals surface area contributed by atoms with E-state index < -0.39 is 0 Å². The fourth-order valence-corrected chi connectivity index (χ4v) is 5.94. The summed E-state index contributed by atoms with van der Waals surface area (Å²) in [6.45, 7) is 0. The smallest absolute Gasteiger partial charge is 0.0212 e. The highest BCUT2D eigenvalue weighted by Gasteiger charge is 2.33. The summed E-state index contributed by atoms with van der Waals surface area (Å²) >= 11 is 5.54. The highest BCUT2D eigenvalue weighted by atomic mass is 79.9. The van der Waals surface area contributed by atoms with E-state index in [1.165, 1.54) is 52.2 Å². The Hall–Kier alpha value is -1.03. The Morgan fingerprint density at radius 1 is 0.913 bits per heavy atom. The predicted octanol–water partition coefficient (Wildman–Crippen LogP) is 5.63. The molecule has 2 saturated heterocycles. The molecule has 1 nitrogen and oxygen atoms in total. The lowest BCUT2D eigenvalue weighted by atomic mass is 9.86. The van der Waals surface area contributed by atoms with Gasteiger partial charge < -0.3 is 5.32 Å². The van der Waals surface area contributed by atoms with Gasteiger partial charge in [0.25, 0.3) is 0 Å². The Bertz CT molecular complexity index is 812. The average Bonchev–Trinajstić information content (AvgIpc) is 2.90. The molecule has 2 aromatic rings. The number of rotatable bonds is 0. The van der Waals surface area contributed by atoms with Crippen molar-refractivity contribution in [2.75, 3.05) is 0 Å². The molecule has 0 amide bonds. The van der Waals surface area contributed by atoms with Crippen LogP contribution >= 0.6 is 27.7 Å². The van der Waals surface area contributed by atoms with Gasteiger partial charge in [-0.05, 0) is 60.6 Å². The normalized spacial score (nSPS) is 25.3. The lowest BCUT2D eigenvalue weighted by Gasteiger charge is -2.30. The second-order valence-electron chi connectivity index (χ2n) is 6.76. The Kier molecular flexibility index (Phi) is 3.43. The monoisotopic (exact) mass is 383 g/mol. The lowest BCUT2D eigenvalue weighted by molar-refractivity contribution is 0.475. The van der Waals surface area contributed by atoms with Gasteiger partial charge in [0.05, 0.1) is 0 Å². The van der Waals surface area contributed by atoms with Crippen LogP contribution in [0.4, 0.5) is 0 Å². The maximum absolute atomic E-state index is 3.77. The second-order valence-corrected chi connectivity index (χ2v) is 8.76. The maximum atomic E-state index is 3.77. The van der Waals surface area contributed by atoms with Gasteiger partial charge in [-0.2, -0.15) is 0 Å². The molecule has 2 unspecified atom stereocenters. The van der Waals surface area contributed by atoms with Crippen molar-refractivity contribution in [2.45, 2.75) is 47.6 Å². The van der Waals surface area contributed by atoms with Gasteiger partial charge in [-0.1, -0.05) is 57.5 Å². The summed E-state index contributed by atoms with van der Waals surface area (Å²) in [5.74, 6) is 0. The van der Waals surface area contributed by atoms with Crippen LogP contribution < -0.4 is 5.32 Å². The number of piperidine rings is 1. The van der Waals surface area contributed by atoms with Crippen molar-refractivity contribution in [2.24, 2.45) is 0 Å². The summed E-state index contributed by atoms with van der Waals surface area (Å²) in [6, 6.07) is 17.0. The molecule has 1 N–H and O–H groups in total. The summed E-state index contributed by atoms with van der Waals surface area (Å²) in [5.41, 5.74) is 6.03. The van der Waals surface area contributed by atoms with Crippen LogP contribution in [0.25, 0.3) is 5.57 Å². The van der Waals surface area contributed by atoms with Crippen LogP contribution in [-0.4, -0.2) is 12.1 Å². The standard InChI is InChI=1S/C20H18BrNS/c21-13-5-8-17-19(11-13)23-18-4-2-1-3-16(18)20(17)12-9-14-6-7-15(10-12)22-14/h1-5,8,11,14-15,22H,6-7,9-10H2. The van der Waals surface area contributed by atoms with E-state index in [-0.39, 0.29) is 0 Å². The average molecular weight is 384 g/mol. The number of benzene rings is 2. The molecule has 3 heterocycles. The van der Waals surface area contributed by atoms with Crippen LogP contribution in [0.2, 0.25) is 0 Å². The molecule has 2 bridgehead atoms. The zero-order chi connectivity index (χ0) is 15.4. The SMILES string of the molecule is Brc1ccc2c(c1)Sc1ccccc1C2=C1CC2CCC(C1)N2. The number of fused-ring (bicyclic) bond motifs is 4. The van der Waals surface area contributed by atoms with E-state index in [1.54, 1.807) is 5.57 Å². The summed E-state index contributed by atoms with van der Waals surface area (Å²) < 4.78 is 1.16. The van der Waals surface area contributed by atoms with Crippen LogP contribution in [0.1, 0.15) is 36.8 Å². The summed E-state index contributed by atoms with van der Waals surface area (Å²) in [6.07, 6.45) is 5.09. The lowest BCUT2D eigenvalue weighted by Crippen LogP contribution is -2.35. The molecule has 2 fully saturated rings. The highest BCUT2D eigenvalue weighted by molar-refractivity contribution is 9.10. The zero-order valence-electron chi connectivity index (χ0n) is 12.8. The minimum absolute atomic E-state index is 0.692. The van der Waals surface area contributed by atoms with E-state index in [0.717, 1.165) is 4.47 Å². The molecule has 3 aliphatic heterocycles. The Morgan fingerprint density at radius 2 is 1.65 bits per heavy atom. The van der Waals surface area contributed by atoms with Gasteiger partial charge in [0.15, 0.2) is 0 Å². The molecule has 0 aliphatic carbocycles. The first-order valence-electron chi connectivity index (χ1n) is 8.33. The zero-order valence-corrected chi connectivity index (χ0v) is 15.2. The molecule has 0 spiro atoms. The first-order chi connectivity index (χ1) is 11.3. The Labute approximate surface area is 149 Å². The largest absolute Gasteiger partial charge is 0.311 e. The molecule has 2 atom stereocenters. The summed E-state index contributed by atoms with van der Waals surface area (Å²) in [7, 11) is 0. The van der Waals surface area contributed by atoms with Crippen molar-refractivity contribution < 1.29 is 0 Å². The van der Waals surface area contributed by atoms with E-state index in [4.69, 9.17) is 0 Å². The van der Waals surface area contributed by atoms with E-state index in [1.807, 2.05) is 11.8 Å². The predicted molar refractivity (Wildman–Crippen MR) is 99.9 cm³/mol. The molecule has 23 heavy (non-hydrogen) atoms. The van der Waals surface area contributed by atoms with Gasteiger partial charge in [-0.25, -0.2) is 0 Å². The van der Waals surface area contributed by atoms with Gasteiger partial charge >= 0.3 is 0 Å². The van der Waals surface area contributed by atoms with Crippen LogP contribution in [0.3, 0.4) is 0 Å². The Morgan fingerprint density at radius 3 is 2.48 bits per heavy atom. The molecule has 0 saturated carbocycles. The number of nitrogens with one attached hydrogen (secondary N) is 1. The first-order valence-corrected chi connectivity index (χ1v) is 9.94. The molecular formula is C20H18BrNS. The van der Waals surface area contributed by atoms with Gasteiger partial charge in [0.2, 0.25) is 0 Å². The summed E-state index contributed by atoms with van der Waals surface area (Å²) in [4.78, 5) is 2.78. The minimum Gasteiger partial charge on any atom is -0.311 e. The van der Waals surface area contributed by atoms with Gasteiger partial charge in [0.1, 0.15) is 0 Å². The summed E-state index contributed by atoms with van der Waals surface area (Å²) in [5, 5.41) is 3.77. The number of hydrogen-bond acceptors (Lipinski definition) is 2. The van der Waals surface area contributed by atoms with E-state index in [2.05, 4.69) is 63.7 Å². The van der Waals surface area contributed by atoms with E-state index >= 15 is 0 Å². The molecule has 5 rings (SSSR count). The van der Waals surface area contributed by atoms with Crippen LogP contribution in [0, 0.1) is 0 Å². The topological polar surface area (TPSA) is 12.0 Å². The van der Waals surface area contributed by atoms with Crippen molar-refractivity contribution in [3.8, 4) is 0 Å². The minimum atomic E-state index is 0.692. The molecular weight excluding hydrogens is 366 g/mol.